The fourth-order valence-corrected chi connectivity index (χ4v) is 1.73. The third-order valence-corrected chi connectivity index (χ3v) is 2.85. The molecule has 13 heavy (non-hydrogen) atoms. The van der Waals surface area contributed by atoms with Crippen molar-refractivity contribution >= 4 is 0 Å². The lowest BCUT2D eigenvalue weighted by Gasteiger charge is -2.34. The van der Waals surface area contributed by atoms with Gasteiger partial charge in [-0.3, -0.25) is 4.90 Å². The molecule has 0 aliphatic carbocycles. The van der Waals surface area contributed by atoms with Gasteiger partial charge >= 0.3 is 0 Å². The van der Waals surface area contributed by atoms with Crippen LogP contribution in [0.5, 0.6) is 0 Å². The molecule has 0 radical (unpaired) electrons. The van der Waals surface area contributed by atoms with Gasteiger partial charge in [0.15, 0.2) is 0 Å². The SMILES string of the molecule is C=CC(C)N1CCC(C(F)F)CC1. The minimum absolute atomic E-state index is 0.318. The quantitative estimate of drug-likeness (QED) is 0.617. The molecule has 0 aromatic rings. The first-order valence-corrected chi connectivity index (χ1v) is 4.80. The molecule has 0 saturated carbocycles. The van der Waals surface area contributed by atoms with Gasteiger partial charge in [-0.1, -0.05) is 6.08 Å². The Labute approximate surface area is 78.4 Å². The van der Waals surface area contributed by atoms with Crippen LogP contribution < -0.4 is 0 Å². The lowest BCUT2D eigenvalue weighted by atomic mass is 9.96. The molecule has 1 fully saturated rings. The molecule has 0 N–H and O–H groups in total. The number of nitrogens with zero attached hydrogens (tertiary/aromatic N) is 1. The number of piperidine rings is 1. The summed E-state index contributed by atoms with van der Waals surface area (Å²) in [6.45, 7) is 7.31. The van der Waals surface area contributed by atoms with Gasteiger partial charge in [0.25, 0.3) is 0 Å². The van der Waals surface area contributed by atoms with Gasteiger partial charge in [-0.05, 0) is 32.9 Å². The van der Waals surface area contributed by atoms with Crippen LogP contribution in [0.3, 0.4) is 0 Å². The summed E-state index contributed by atoms with van der Waals surface area (Å²) in [6, 6.07) is 0.318. The second-order valence-electron chi connectivity index (χ2n) is 3.68. The molecule has 1 atom stereocenters. The Bertz CT molecular complexity index is 162. The Morgan fingerprint density at radius 1 is 1.38 bits per heavy atom. The summed E-state index contributed by atoms with van der Waals surface area (Å²) in [5.74, 6) is -0.381. The molecule has 3 heteroatoms. The standard InChI is InChI=1S/C10H17F2N/c1-3-8(2)13-6-4-9(5-7-13)10(11)12/h3,8-10H,1,4-7H2,2H3. The van der Waals surface area contributed by atoms with E-state index < -0.39 is 6.43 Å². The van der Waals surface area contributed by atoms with Crippen LogP contribution in [0.25, 0.3) is 0 Å². The van der Waals surface area contributed by atoms with Crippen molar-refractivity contribution in [2.75, 3.05) is 13.1 Å². The third-order valence-electron chi connectivity index (χ3n) is 2.85. The minimum atomic E-state index is -2.14. The molecule has 0 spiro atoms. The van der Waals surface area contributed by atoms with Gasteiger partial charge < -0.3 is 0 Å². The highest BCUT2D eigenvalue weighted by Crippen LogP contribution is 2.24. The first kappa shape index (κ1) is 10.6. The van der Waals surface area contributed by atoms with E-state index in [2.05, 4.69) is 18.4 Å². The van der Waals surface area contributed by atoms with Crippen LogP contribution in [0.1, 0.15) is 19.8 Å². The molecule has 1 nitrogen and oxygen atoms in total. The Balaban J connectivity index is 2.34. The van der Waals surface area contributed by atoms with Crippen molar-refractivity contribution in [2.45, 2.75) is 32.2 Å². The maximum absolute atomic E-state index is 12.3. The number of rotatable bonds is 3. The van der Waals surface area contributed by atoms with Crippen LogP contribution in [0.2, 0.25) is 0 Å². The fraction of sp³-hybridized carbons (Fsp3) is 0.800. The first-order valence-electron chi connectivity index (χ1n) is 4.80. The topological polar surface area (TPSA) is 3.24 Å². The maximum atomic E-state index is 12.3. The summed E-state index contributed by atoms with van der Waals surface area (Å²) >= 11 is 0. The van der Waals surface area contributed by atoms with E-state index in [1.165, 1.54) is 0 Å². The predicted octanol–water partition coefficient (Wildman–Crippen LogP) is 2.54. The monoisotopic (exact) mass is 189 g/mol. The van der Waals surface area contributed by atoms with Crippen LogP contribution >= 0.6 is 0 Å². The Hall–Kier alpha value is -0.440. The average Bonchev–Trinajstić information content (AvgIpc) is 2.17. The van der Waals surface area contributed by atoms with E-state index in [1.807, 2.05) is 6.08 Å². The minimum Gasteiger partial charge on any atom is -0.297 e. The molecule has 1 rings (SSSR count). The number of alkyl halides is 2. The highest BCUT2D eigenvalue weighted by Gasteiger charge is 2.27. The molecule has 1 heterocycles. The highest BCUT2D eigenvalue weighted by molar-refractivity contribution is 4.87. The zero-order chi connectivity index (χ0) is 9.84. The van der Waals surface area contributed by atoms with Crippen molar-refractivity contribution in [3.05, 3.63) is 12.7 Å². The van der Waals surface area contributed by atoms with Crippen LogP contribution in [0.4, 0.5) is 8.78 Å². The van der Waals surface area contributed by atoms with Crippen LogP contribution in [0, 0.1) is 5.92 Å². The smallest absolute Gasteiger partial charge is 0.241 e. The maximum Gasteiger partial charge on any atom is 0.241 e. The van der Waals surface area contributed by atoms with E-state index in [9.17, 15) is 8.78 Å². The summed E-state index contributed by atoms with van der Waals surface area (Å²) in [6.07, 6.45) is 0.968. The Morgan fingerprint density at radius 3 is 2.31 bits per heavy atom. The lowest BCUT2D eigenvalue weighted by molar-refractivity contribution is 0.0309. The average molecular weight is 189 g/mol. The normalized spacial score (nSPS) is 23.4. The second-order valence-corrected chi connectivity index (χ2v) is 3.68. The number of hydrogen-bond acceptors (Lipinski definition) is 1. The lowest BCUT2D eigenvalue weighted by Crippen LogP contribution is -2.40. The fourth-order valence-electron chi connectivity index (χ4n) is 1.73. The summed E-state index contributed by atoms with van der Waals surface area (Å²) < 4.78 is 24.6. The zero-order valence-corrected chi connectivity index (χ0v) is 8.05. The highest BCUT2D eigenvalue weighted by atomic mass is 19.3. The zero-order valence-electron chi connectivity index (χ0n) is 8.05. The van der Waals surface area contributed by atoms with Crippen molar-refractivity contribution in [3.63, 3.8) is 0 Å². The third kappa shape index (κ3) is 2.76. The molecule has 1 aliphatic rings. The first-order chi connectivity index (χ1) is 6.15. The second kappa shape index (κ2) is 4.70. The van der Waals surface area contributed by atoms with Crippen LogP contribution in [-0.2, 0) is 0 Å². The predicted molar refractivity (Wildman–Crippen MR) is 50.0 cm³/mol. The number of halogens is 2. The van der Waals surface area contributed by atoms with Gasteiger partial charge in [0.2, 0.25) is 6.43 Å². The Kier molecular flexibility index (Phi) is 3.85. The summed E-state index contributed by atoms with van der Waals surface area (Å²) in [5, 5.41) is 0. The molecular weight excluding hydrogens is 172 g/mol. The van der Waals surface area contributed by atoms with Gasteiger partial charge in [0.1, 0.15) is 0 Å². The number of hydrogen-bond donors (Lipinski definition) is 0. The van der Waals surface area contributed by atoms with Gasteiger partial charge in [0, 0.05) is 12.0 Å². The molecule has 1 aliphatic heterocycles. The Morgan fingerprint density at radius 2 is 1.92 bits per heavy atom. The van der Waals surface area contributed by atoms with Crippen LogP contribution in [0.15, 0.2) is 12.7 Å². The van der Waals surface area contributed by atoms with E-state index in [0.717, 1.165) is 13.1 Å². The van der Waals surface area contributed by atoms with Gasteiger partial charge in [-0.15, -0.1) is 6.58 Å². The summed E-state index contributed by atoms with van der Waals surface area (Å²) in [4.78, 5) is 2.20. The van der Waals surface area contributed by atoms with E-state index in [1.54, 1.807) is 0 Å². The summed E-state index contributed by atoms with van der Waals surface area (Å²) in [5.41, 5.74) is 0. The van der Waals surface area contributed by atoms with Gasteiger partial charge in [-0.25, -0.2) is 8.78 Å². The summed E-state index contributed by atoms with van der Waals surface area (Å²) in [7, 11) is 0. The molecule has 0 amide bonds. The van der Waals surface area contributed by atoms with Gasteiger partial charge in [-0.2, -0.15) is 0 Å². The van der Waals surface area contributed by atoms with E-state index in [-0.39, 0.29) is 5.92 Å². The van der Waals surface area contributed by atoms with Gasteiger partial charge in [0.05, 0.1) is 0 Å². The van der Waals surface area contributed by atoms with Crippen molar-refractivity contribution in [3.8, 4) is 0 Å². The van der Waals surface area contributed by atoms with E-state index in [4.69, 9.17) is 0 Å². The van der Waals surface area contributed by atoms with E-state index >= 15 is 0 Å². The molecular formula is C10H17F2N. The van der Waals surface area contributed by atoms with Crippen LogP contribution in [-0.4, -0.2) is 30.5 Å². The van der Waals surface area contributed by atoms with Crippen molar-refractivity contribution in [2.24, 2.45) is 5.92 Å². The molecule has 0 aromatic carbocycles. The van der Waals surface area contributed by atoms with Crippen molar-refractivity contribution < 1.29 is 8.78 Å². The largest absolute Gasteiger partial charge is 0.297 e. The molecule has 76 valence electrons. The molecule has 1 saturated heterocycles. The molecule has 0 bridgehead atoms. The van der Waals surface area contributed by atoms with Crippen molar-refractivity contribution in [1.29, 1.82) is 0 Å². The van der Waals surface area contributed by atoms with Crippen molar-refractivity contribution in [1.82, 2.24) is 4.90 Å². The number of likely N-dealkylation sites (tertiary alicyclic amines) is 1. The molecule has 1 unspecified atom stereocenters. The van der Waals surface area contributed by atoms with E-state index in [0.29, 0.717) is 18.9 Å². The molecule has 0 aromatic heterocycles.